The van der Waals surface area contributed by atoms with E-state index in [1.807, 2.05) is 19.9 Å². The number of amides is 2. The maximum absolute atomic E-state index is 13.0. The Labute approximate surface area is 137 Å². The third kappa shape index (κ3) is 4.77. The van der Waals surface area contributed by atoms with E-state index in [-0.39, 0.29) is 12.2 Å². The molecular weight excluding hydrogens is 318 g/mol. The van der Waals surface area contributed by atoms with Gasteiger partial charge in [0.1, 0.15) is 17.4 Å². The molecule has 2 aromatic carbocycles. The van der Waals surface area contributed by atoms with Gasteiger partial charge in [0.2, 0.25) is 0 Å². The highest BCUT2D eigenvalue weighted by atomic mass is 19.1. The number of nitrogens with one attached hydrogen (secondary N) is 2. The van der Waals surface area contributed by atoms with Crippen LogP contribution in [-0.2, 0) is 4.79 Å². The van der Waals surface area contributed by atoms with Gasteiger partial charge >= 0.3 is 0 Å². The predicted molar refractivity (Wildman–Crippen MR) is 83.4 cm³/mol. The van der Waals surface area contributed by atoms with Gasteiger partial charge in [-0.15, -0.1) is 0 Å². The van der Waals surface area contributed by atoms with E-state index >= 15 is 0 Å². The zero-order chi connectivity index (χ0) is 17.7. The molecule has 0 radical (unpaired) electrons. The molecule has 0 unspecified atom stereocenters. The molecule has 0 saturated heterocycles. The van der Waals surface area contributed by atoms with Crippen molar-refractivity contribution in [3.63, 3.8) is 0 Å². The van der Waals surface area contributed by atoms with Gasteiger partial charge in [-0.05, 0) is 49.2 Å². The molecule has 0 atom stereocenters. The van der Waals surface area contributed by atoms with Crippen LogP contribution in [0.1, 0.15) is 21.5 Å². The van der Waals surface area contributed by atoms with E-state index < -0.39 is 23.4 Å². The first-order chi connectivity index (χ1) is 11.3. The Morgan fingerprint density at radius 2 is 1.62 bits per heavy atom. The molecule has 0 aromatic heterocycles. The Kier molecular flexibility index (Phi) is 5.47. The highest BCUT2D eigenvalue weighted by Crippen LogP contribution is 2.16. The van der Waals surface area contributed by atoms with E-state index in [0.717, 1.165) is 23.3 Å². The van der Waals surface area contributed by atoms with Gasteiger partial charge in [0.25, 0.3) is 11.8 Å². The van der Waals surface area contributed by atoms with Crippen molar-refractivity contribution < 1.29 is 23.1 Å². The topological polar surface area (TPSA) is 67.4 Å². The molecule has 0 saturated carbocycles. The SMILES string of the molecule is Cc1ccc(OCC(=O)NNC(=O)c2cc(F)cc(F)c2)cc1C. The Morgan fingerprint density at radius 3 is 2.25 bits per heavy atom. The molecule has 0 bridgehead atoms. The summed E-state index contributed by atoms with van der Waals surface area (Å²) in [7, 11) is 0. The van der Waals surface area contributed by atoms with Crippen LogP contribution in [0, 0.1) is 25.5 Å². The standard InChI is InChI=1S/C17H16F2N2O3/c1-10-3-4-15(5-11(10)2)24-9-16(22)20-21-17(23)12-6-13(18)8-14(19)7-12/h3-8H,9H2,1-2H3,(H,20,22)(H,21,23). The summed E-state index contributed by atoms with van der Waals surface area (Å²) in [6.07, 6.45) is 0. The summed E-state index contributed by atoms with van der Waals surface area (Å²) >= 11 is 0. The largest absolute Gasteiger partial charge is 0.484 e. The molecule has 0 fully saturated rings. The Morgan fingerprint density at radius 1 is 0.958 bits per heavy atom. The lowest BCUT2D eigenvalue weighted by atomic mass is 10.1. The van der Waals surface area contributed by atoms with Crippen LogP contribution in [-0.4, -0.2) is 18.4 Å². The molecule has 0 aliphatic carbocycles. The number of carbonyl (C=O) groups is 2. The molecule has 0 spiro atoms. The second kappa shape index (κ2) is 7.54. The van der Waals surface area contributed by atoms with Crippen molar-refractivity contribution in [1.82, 2.24) is 10.9 Å². The smallest absolute Gasteiger partial charge is 0.276 e. The summed E-state index contributed by atoms with van der Waals surface area (Å²) in [6.45, 7) is 3.55. The van der Waals surface area contributed by atoms with E-state index in [1.165, 1.54) is 0 Å². The molecule has 2 aromatic rings. The highest BCUT2D eigenvalue weighted by molar-refractivity contribution is 5.95. The molecule has 5 nitrogen and oxygen atoms in total. The van der Waals surface area contributed by atoms with Crippen LogP contribution in [0.5, 0.6) is 5.75 Å². The average molecular weight is 334 g/mol. The Bertz CT molecular complexity index is 758. The number of aryl methyl sites for hydroxylation is 2. The minimum Gasteiger partial charge on any atom is -0.484 e. The summed E-state index contributed by atoms with van der Waals surface area (Å²) in [5.41, 5.74) is 6.04. The number of rotatable bonds is 4. The molecule has 7 heteroatoms. The van der Waals surface area contributed by atoms with E-state index in [0.29, 0.717) is 11.8 Å². The second-order valence-electron chi connectivity index (χ2n) is 5.20. The molecule has 126 valence electrons. The van der Waals surface area contributed by atoms with Crippen molar-refractivity contribution in [2.75, 3.05) is 6.61 Å². The first kappa shape index (κ1) is 17.4. The maximum Gasteiger partial charge on any atom is 0.276 e. The van der Waals surface area contributed by atoms with Crippen LogP contribution in [0.25, 0.3) is 0 Å². The van der Waals surface area contributed by atoms with Crippen molar-refractivity contribution in [3.05, 3.63) is 64.7 Å². The molecule has 2 amide bonds. The summed E-state index contributed by atoms with van der Waals surface area (Å²) in [6, 6.07) is 7.74. The van der Waals surface area contributed by atoms with Gasteiger partial charge in [0.05, 0.1) is 0 Å². The van der Waals surface area contributed by atoms with Crippen LogP contribution in [0.15, 0.2) is 36.4 Å². The van der Waals surface area contributed by atoms with Crippen molar-refractivity contribution in [1.29, 1.82) is 0 Å². The minimum atomic E-state index is -0.885. The number of hydrogen-bond acceptors (Lipinski definition) is 3. The van der Waals surface area contributed by atoms with Crippen molar-refractivity contribution in [2.24, 2.45) is 0 Å². The lowest BCUT2D eigenvalue weighted by molar-refractivity contribution is -0.123. The number of carbonyl (C=O) groups excluding carboxylic acids is 2. The van der Waals surface area contributed by atoms with Crippen LogP contribution in [0.2, 0.25) is 0 Å². The van der Waals surface area contributed by atoms with Crippen LogP contribution < -0.4 is 15.6 Å². The number of hydrazine groups is 1. The number of halogens is 2. The second-order valence-corrected chi connectivity index (χ2v) is 5.20. The highest BCUT2D eigenvalue weighted by Gasteiger charge is 2.11. The molecule has 0 heterocycles. The van der Waals surface area contributed by atoms with Crippen LogP contribution >= 0.6 is 0 Å². The number of ether oxygens (including phenoxy) is 1. The average Bonchev–Trinajstić information content (AvgIpc) is 2.52. The lowest BCUT2D eigenvalue weighted by Crippen LogP contribution is -2.43. The molecule has 0 aliphatic heterocycles. The fourth-order valence-corrected chi connectivity index (χ4v) is 1.87. The first-order valence-electron chi connectivity index (χ1n) is 7.10. The Hall–Kier alpha value is -2.96. The molecular formula is C17H16F2N2O3. The lowest BCUT2D eigenvalue weighted by Gasteiger charge is -2.10. The zero-order valence-electron chi connectivity index (χ0n) is 13.2. The summed E-state index contributed by atoms with van der Waals surface area (Å²) < 4.78 is 31.4. The number of hydrogen-bond donors (Lipinski definition) is 2. The summed E-state index contributed by atoms with van der Waals surface area (Å²) in [5.74, 6) is -2.70. The van der Waals surface area contributed by atoms with Crippen molar-refractivity contribution >= 4 is 11.8 Å². The fourth-order valence-electron chi connectivity index (χ4n) is 1.87. The van der Waals surface area contributed by atoms with Gasteiger partial charge in [-0.25, -0.2) is 8.78 Å². The third-order valence-corrected chi connectivity index (χ3v) is 3.29. The molecule has 2 N–H and O–H groups in total. The minimum absolute atomic E-state index is 0.247. The van der Waals surface area contributed by atoms with E-state index in [4.69, 9.17) is 4.74 Å². The monoisotopic (exact) mass is 334 g/mol. The van der Waals surface area contributed by atoms with Crippen LogP contribution in [0.3, 0.4) is 0 Å². The van der Waals surface area contributed by atoms with Gasteiger partial charge in [0.15, 0.2) is 6.61 Å². The van der Waals surface area contributed by atoms with E-state index in [9.17, 15) is 18.4 Å². The Balaban J connectivity index is 1.84. The van der Waals surface area contributed by atoms with Gasteiger partial charge in [-0.3, -0.25) is 20.4 Å². The van der Waals surface area contributed by atoms with Gasteiger partial charge in [-0.2, -0.15) is 0 Å². The first-order valence-corrected chi connectivity index (χ1v) is 7.10. The van der Waals surface area contributed by atoms with Gasteiger partial charge in [0, 0.05) is 11.6 Å². The third-order valence-electron chi connectivity index (χ3n) is 3.29. The van der Waals surface area contributed by atoms with Crippen molar-refractivity contribution in [2.45, 2.75) is 13.8 Å². The normalized spacial score (nSPS) is 10.2. The van der Waals surface area contributed by atoms with Crippen LogP contribution in [0.4, 0.5) is 8.78 Å². The van der Waals surface area contributed by atoms with Gasteiger partial charge < -0.3 is 4.74 Å². The maximum atomic E-state index is 13.0. The summed E-state index contributed by atoms with van der Waals surface area (Å²) in [5, 5.41) is 0. The quantitative estimate of drug-likeness (QED) is 0.844. The molecule has 24 heavy (non-hydrogen) atoms. The zero-order valence-corrected chi connectivity index (χ0v) is 13.2. The van der Waals surface area contributed by atoms with Gasteiger partial charge in [-0.1, -0.05) is 6.07 Å². The summed E-state index contributed by atoms with van der Waals surface area (Å²) in [4.78, 5) is 23.3. The molecule has 2 rings (SSSR count). The number of benzene rings is 2. The van der Waals surface area contributed by atoms with Crippen molar-refractivity contribution in [3.8, 4) is 5.75 Å². The van der Waals surface area contributed by atoms with E-state index in [2.05, 4.69) is 10.9 Å². The van der Waals surface area contributed by atoms with E-state index in [1.54, 1.807) is 12.1 Å². The molecule has 0 aliphatic rings. The fraction of sp³-hybridized carbons (Fsp3) is 0.176. The predicted octanol–water partition coefficient (Wildman–Crippen LogP) is 2.42.